The molecule has 0 amide bonds. The van der Waals surface area contributed by atoms with E-state index in [1.54, 1.807) is 0 Å². The van der Waals surface area contributed by atoms with Crippen LogP contribution in [0.2, 0.25) is 0 Å². The van der Waals surface area contributed by atoms with E-state index in [1.807, 2.05) is 12.4 Å². The van der Waals surface area contributed by atoms with Crippen molar-refractivity contribution >= 4 is 15.9 Å². The highest BCUT2D eigenvalue weighted by Crippen LogP contribution is 2.23. The Morgan fingerprint density at radius 3 is 2.90 bits per heavy atom. The largest absolute Gasteiger partial charge is 0.335 e. The third kappa shape index (κ3) is 3.48. The van der Waals surface area contributed by atoms with Gasteiger partial charge >= 0.3 is 0 Å². The molecule has 5 heteroatoms. The van der Waals surface area contributed by atoms with Gasteiger partial charge in [-0.25, -0.2) is 4.98 Å². The van der Waals surface area contributed by atoms with E-state index in [2.05, 4.69) is 63.0 Å². The lowest BCUT2D eigenvalue weighted by Gasteiger charge is -2.18. The number of nitrogens with zero attached hydrogens (tertiary/aromatic N) is 2. The Balaban J connectivity index is 2.19. The fraction of sp³-hybridized carbons (Fsp3) is 0.400. The molecular formula is C15H21BrN4. The molecule has 0 aliphatic rings. The highest BCUT2D eigenvalue weighted by Gasteiger charge is 2.14. The number of aryl methyl sites for hydroxylation is 2. The molecule has 0 aliphatic carbocycles. The number of hydrogen-bond acceptors (Lipinski definition) is 3. The van der Waals surface area contributed by atoms with Crippen LogP contribution in [0.3, 0.4) is 0 Å². The SMILES string of the molecule is CCCn1ccnc1CC(NN)c1ccc(Br)c(C)c1. The Kier molecular flexibility index (Phi) is 5.34. The van der Waals surface area contributed by atoms with Gasteiger partial charge in [0.1, 0.15) is 5.82 Å². The van der Waals surface area contributed by atoms with Gasteiger partial charge in [-0.3, -0.25) is 11.3 Å². The number of aromatic nitrogens is 2. The molecule has 0 fully saturated rings. The molecule has 1 heterocycles. The van der Waals surface area contributed by atoms with Crippen molar-refractivity contribution in [3.05, 3.63) is 52.0 Å². The third-order valence-electron chi connectivity index (χ3n) is 3.44. The lowest BCUT2D eigenvalue weighted by molar-refractivity contribution is 0.517. The van der Waals surface area contributed by atoms with Crippen LogP contribution in [0.15, 0.2) is 35.1 Å². The van der Waals surface area contributed by atoms with Crippen LogP contribution in [0.25, 0.3) is 0 Å². The minimum atomic E-state index is 0.0693. The number of rotatable bonds is 6. The van der Waals surface area contributed by atoms with E-state index in [4.69, 9.17) is 5.84 Å². The van der Waals surface area contributed by atoms with Crippen molar-refractivity contribution in [2.45, 2.75) is 39.3 Å². The van der Waals surface area contributed by atoms with Gasteiger partial charge in [0.15, 0.2) is 0 Å². The first-order valence-corrected chi connectivity index (χ1v) is 7.67. The monoisotopic (exact) mass is 336 g/mol. The van der Waals surface area contributed by atoms with Gasteiger partial charge < -0.3 is 4.57 Å². The van der Waals surface area contributed by atoms with Crippen LogP contribution in [0.4, 0.5) is 0 Å². The molecule has 108 valence electrons. The zero-order valence-corrected chi connectivity index (χ0v) is 13.5. The molecule has 2 rings (SSSR count). The van der Waals surface area contributed by atoms with Gasteiger partial charge in [-0.2, -0.15) is 0 Å². The van der Waals surface area contributed by atoms with Gasteiger partial charge in [0.05, 0.1) is 6.04 Å². The third-order valence-corrected chi connectivity index (χ3v) is 4.33. The van der Waals surface area contributed by atoms with Gasteiger partial charge in [0.2, 0.25) is 0 Å². The predicted octanol–water partition coefficient (Wildman–Crippen LogP) is 3.11. The Morgan fingerprint density at radius 2 is 2.25 bits per heavy atom. The van der Waals surface area contributed by atoms with E-state index in [9.17, 15) is 0 Å². The van der Waals surface area contributed by atoms with Crippen LogP contribution >= 0.6 is 15.9 Å². The maximum Gasteiger partial charge on any atom is 0.110 e. The Hall–Kier alpha value is -1.17. The number of hydrogen-bond donors (Lipinski definition) is 2. The predicted molar refractivity (Wildman–Crippen MR) is 85.2 cm³/mol. The summed E-state index contributed by atoms with van der Waals surface area (Å²) in [5.74, 6) is 6.80. The average Bonchev–Trinajstić information content (AvgIpc) is 2.87. The van der Waals surface area contributed by atoms with Crippen LogP contribution in [0, 0.1) is 6.92 Å². The molecule has 1 aromatic heterocycles. The van der Waals surface area contributed by atoms with Gasteiger partial charge in [-0.05, 0) is 30.5 Å². The average molecular weight is 337 g/mol. The molecule has 0 bridgehead atoms. The van der Waals surface area contributed by atoms with E-state index in [-0.39, 0.29) is 6.04 Å². The van der Waals surface area contributed by atoms with E-state index in [0.717, 1.165) is 29.7 Å². The summed E-state index contributed by atoms with van der Waals surface area (Å²) in [4.78, 5) is 4.45. The molecular weight excluding hydrogens is 316 g/mol. The summed E-state index contributed by atoms with van der Waals surface area (Å²) in [6.45, 7) is 5.24. The molecule has 3 N–H and O–H groups in total. The van der Waals surface area contributed by atoms with E-state index < -0.39 is 0 Å². The molecule has 0 radical (unpaired) electrons. The standard InChI is InChI=1S/C15H21BrN4/c1-3-7-20-8-6-18-15(20)10-14(19-17)12-4-5-13(16)11(2)9-12/h4-6,8-9,14,19H,3,7,10,17H2,1-2H3. The second-order valence-electron chi connectivity index (χ2n) is 4.97. The van der Waals surface area contributed by atoms with Crippen LogP contribution in [-0.2, 0) is 13.0 Å². The van der Waals surface area contributed by atoms with Crippen LogP contribution in [-0.4, -0.2) is 9.55 Å². The summed E-state index contributed by atoms with van der Waals surface area (Å²) >= 11 is 3.53. The summed E-state index contributed by atoms with van der Waals surface area (Å²) < 4.78 is 3.31. The maximum absolute atomic E-state index is 5.73. The highest BCUT2D eigenvalue weighted by molar-refractivity contribution is 9.10. The van der Waals surface area contributed by atoms with Crippen molar-refractivity contribution in [2.75, 3.05) is 0 Å². The first-order chi connectivity index (χ1) is 9.65. The summed E-state index contributed by atoms with van der Waals surface area (Å²) in [5, 5.41) is 0. The number of halogens is 1. The lowest BCUT2D eigenvalue weighted by Crippen LogP contribution is -2.30. The smallest absolute Gasteiger partial charge is 0.110 e. The number of benzene rings is 1. The van der Waals surface area contributed by atoms with E-state index in [1.165, 1.54) is 11.1 Å². The topological polar surface area (TPSA) is 55.9 Å². The van der Waals surface area contributed by atoms with Gasteiger partial charge in [-0.1, -0.05) is 35.0 Å². The fourth-order valence-electron chi connectivity index (χ4n) is 2.31. The van der Waals surface area contributed by atoms with Crippen LogP contribution < -0.4 is 11.3 Å². The number of imidazole rings is 1. The fourth-order valence-corrected chi connectivity index (χ4v) is 2.56. The van der Waals surface area contributed by atoms with Crippen molar-refractivity contribution < 1.29 is 0 Å². The second kappa shape index (κ2) is 7.02. The lowest BCUT2D eigenvalue weighted by atomic mass is 10.0. The molecule has 4 nitrogen and oxygen atoms in total. The van der Waals surface area contributed by atoms with Gasteiger partial charge in [-0.15, -0.1) is 0 Å². The van der Waals surface area contributed by atoms with Crippen molar-refractivity contribution in [3.8, 4) is 0 Å². The number of nitrogens with two attached hydrogens (primary N) is 1. The maximum atomic E-state index is 5.73. The normalized spacial score (nSPS) is 12.6. The number of nitrogens with one attached hydrogen (secondary N) is 1. The van der Waals surface area contributed by atoms with Gasteiger partial charge in [0.25, 0.3) is 0 Å². The molecule has 0 saturated heterocycles. The summed E-state index contributed by atoms with van der Waals surface area (Å²) in [7, 11) is 0. The number of hydrazine groups is 1. The molecule has 0 saturated carbocycles. The molecule has 1 aromatic carbocycles. The second-order valence-corrected chi connectivity index (χ2v) is 5.82. The molecule has 2 aromatic rings. The first kappa shape index (κ1) is 15.2. The van der Waals surface area contributed by atoms with Crippen molar-refractivity contribution in [1.82, 2.24) is 15.0 Å². The summed E-state index contributed by atoms with van der Waals surface area (Å²) in [6.07, 6.45) is 5.76. The molecule has 1 atom stereocenters. The quantitative estimate of drug-likeness (QED) is 0.629. The van der Waals surface area contributed by atoms with Crippen LogP contribution in [0.1, 0.15) is 36.3 Å². The minimum Gasteiger partial charge on any atom is -0.335 e. The molecule has 0 spiro atoms. The zero-order valence-electron chi connectivity index (χ0n) is 11.9. The Labute approximate surface area is 128 Å². The summed E-state index contributed by atoms with van der Waals surface area (Å²) in [5.41, 5.74) is 5.29. The van der Waals surface area contributed by atoms with E-state index in [0.29, 0.717) is 0 Å². The molecule has 0 aliphatic heterocycles. The van der Waals surface area contributed by atoms with E-state index >= 15 is 0 Å². The van der Waals surface area contributed by atoms with Crippen molar-refractivity contribution in [1.29, 1.82) is 0 Å². The Bertz CT molecular complexity index is 565. The van der Waals surface area contributed by atoms with Gasteiger partial charge in [0, 0.05) is 29.8 Å². The van der Waals surface area contributed by atoms with Crippen molar-refractivity contribution in [3.63, 3.8) is 0 Å². The summed E-state index contributed by atoms with van der Waals surface area (Å²) in [6, 6.07) is 6.38. The van der Waals surface area contributed by atoms with Crippen molar-refractivity contribution in [2.24, 2.45) is 5.84 Å². The van der Waals surface area contributed by atoms with Crippen LogP contribution in [0.5, 0.6) is 0 Å². The Morgan fingerprint density at radius 1 is 1.45 bits per heavy atom. The first-order valence-electron chi connectivity index (χ1n) is 6.88. The zero-order chi connectivity index (χ0) is 14.5. The minimum absolute atomic E-state index is 0.0693. The highest BCUT2D eigenvalue weighted by atomic mass is 79.9. The molecule has 20 heavy (non-hydrogen) atoms. The molecule has 1 unspecified atom stereocenters.